The third-order valence-corrected chi connectivity index (χ3v) is 13.2. The van der Waals surface area contributed by atoms with E-state index in [-0.39, 0.29) is 22.6 Å². The van der Waals surface area contributed by atoms with Gasteiger partial charge in [0.1, 0.15) is 0 Å². The zero-order valence-electron chi connectivity index (χ0n) is 23.2. The van der Waals surface area contributed by atoms with Gasteiger partial charge in [0.25, 0.3) is 0 Å². The van der Waals surface area contributed by atoms with Crippen molar-refractivity contribution in [3.63, 3.8) is 0 Å². The molecule has 216 valence electrons. The molecule has 3 aromatic rings. The van der Waals surface area contributed by atoms with Crippen LogP contribution in [-0.2, 0) is 12.9 Å². The average Bonchev–Trinajstić information content (AvgIpc) is 3.46. The molecule has 1 aromatic carbocycles. The van der Waals surface area contributed by atoms with E-state index in [2.05, 4.69) is 9.97 Å². The van der Waals surface area contributed by atoms with Crippen molar-refractivity contribution in [1.82, 2.24) is 19.4 Å². The summed E-state index contributed by atoms with van der Waals surface area (Å²) in [5.41, 5.74) is 0.329. The van der Waals surface area contributed by atoms with E-state index in [1.54, 1.807) is 36.8 Å². The van der Waals surface area contributed by atoms with Crippen LogP contribution >= 0.6 is 0 Å². The summed E-state index contributed by atoms with van der Waals surface area (Å²) >= 11 is -1.81. The van der Waals surface area contributed by atoms with E-state index in [1.165, 1.54) is 17.2 Å². The summed E-state index contributed by atoms with van der Waals surface area (Å²) in [5.74, 6) is 0.183. The van der Waals surface area contributed by atoms with E-state index in [1.807, 2.05) is 50.6 Å². The first kappa shape index (κ1) is 31.4. The van der Waals surface area contributed by atoms with Crippen LogP contribution in [0.25, 0.3) is 5.69 Å². The van der Waals surface area contributed by atoms with Crippen molar-refractivity contribution < 1.29 is 27.9 Å². The molecule has 3 atom stereocenters. The number of imidazole rings is 1. The average molecular weight is 633 g/mol. The number of carbonyl (C=O) groups is 2. The molecule has 2 aromatic heterocycles. The quantitative estimate of drug-likeness (QED) is 0.259. The number of ketones is 1. The zero-order valence-corrected chi connectivity index (χ0v) is 26.1. The Hall–Kier alpha value is -3.17. The van der Waals surface area contributed by atoms with Gasteiger partial charge in [-0.05, 0) is 0 Å². The predicted molar refractivity (Wildman–Crippen MR) is 154 cm³/mol. The van der Waals surface area contributed by atoms with Crippen LogP contribution in [0.5, 0.6) is 5.75 Å². The molecule has 40 heavy (non-hydrogen) atoms. The van der Waals surface area contributed by atoms with Crippen LogP contribution in [0.4, 0.5) is 4.79 Å². The van der Waals surface area contributed by atoms with E-state index in [0.717, 1.165) is 12.1 Å². The van der Waals surface area contributed by atoms with Gasteiger partial charge in [-0.15, -0.1) is 0 Å². The Morgan fingerprint density at radius 3 is 2.40 bits per heavy atom. The molecule has 0 aliphatic rings. The Morgan fingerprint density at radius 2 is 1.85 bits per heavy atom. The molecular weight excluding hydrogens is 595 g/mol. The minimum absolute atomic E-state index is 0.0264. The second-order valence-electron chi connectivity index (χ2n) is 10.5. The number of ether oxygens (including phenoxy) is 1. The summed E-state index contributed by atoms with van der Waals surface area (Å²) in [4.78, 5) is 35.4. The molecule has 2 heterocycles. The molecule has 0 bridgehead atoms. The maximum atomic E-state index is 13.5. The summed E-state index contributed by atoms with van der Waals surface area (Å²) in [6.07, 6.45) is 7.06. The minimum atomic E-state index is -3.67. The molecule has 0 spiro atoms. The number of aromatic nitrogens is 3. The summed E-state index contributed by atoms with van der Waals surface area (Å²) in [6.45, 7) is 7.70. The topological polar surface area (TPSA) is 132 Å². The Morgan fingerprint density at radius 1 is 1.12 bits per heavy atom. The normalized spacial score (nSPS) is 13.7. The zero-order chi connectivity index (χ0) is 29.3. The van der Waals surface area contributed by atoms with Gasteiger partial charge in [0.05, 0.1) is 6.33 Å². The number of amides is 1. The standard InChI is InChI=1S/C28H37AsN4O6S/c1-5-6-9-23(24(34)18-29-40(37,38)26-10-7-8-15-31-26)33(27(35)36)25(28(2,3)4)19-39-22-13-11-21(12-14-22)32-17-16-30-20-32/h7-8,10-17,20,23,25,29H,5-6,9,18-19H2,1-4H3,(H,35,36)/t23-,25?/m0/s1. The van der Waals surface area contributed by atoms with Crippen molar-refractivity contribution in [2.75, 3.05) is 6.61 Å². The fourth-order valence-electron chi connectivity index (χ4n) is 4.25. The number of hydrogen-bond acceptors (Lipinski definition) is 7. The van der Waals surface area contributed by atoms with Crippen LogP contribution in [0.1, 0.15) is 47.0 Å². The number of rotatable bonds is 14. The first-order valence-corrected chi connectivity index (χ1v) is 18.6. The van der Waals surface area contributed by atoms with E-state index in [0.29, 0.717) is 18.6 Å². The first-order valence-electron chi connectivity index (χ1n) is 13.1. The molecule has 1 amide bonds. The number of hydrogen-bond donors (Lipinski definition) is 1. The van der Waals surface area contributed by atoms with Crippen LogP contribution in [0.15, 0.2) is 72.4 Å². The molecule has 0 saturated heterocycles. The second-order valence-corrected chi connectivity index (χ2v) is 18.1. The van der Waals surface area contributed by atoms with Crippen LogP contribution in [0.2, 0.25) is 5.21 Å². The van der Waals surface area contributed by atoms with E-state index in [4.69, 9.17) is 4.74 Å². The fraction of sp³-hybridized carbons (Fsp3) is 0.429. The Labute approximate surface area is 241 Å². The van der Waals surface area contributed by atoms with Gasteiger partial charge in [-0.1, -0.05) is 0 Å². The number of carboxylic acid groups (broad SMARTS) is 1. The van der Waals surface area contributed by atoms with Crippen molar-refractivity contribution in [3.8, 4) is 11.4 Å². The number of nitrogens with zero attached hydrogens (tertiary/aromatic N) is 4. The van der Waals surface area contributed by atoms with Gasteiger partial charge in [0, 0.05) is 12.4 Å². The molecule has 12 heteroatoms. The van der Waals surface area contributed by atoms with Gasteiger partial charge in [0.15, 0.2) is 0 Å². The first-order chi connectivity index (χ1) is 18.9. The summed E-state index contributed by atoms with van der Waals surface area (Å²) in [5, 5.41) is 10.1. The van der Waals surface area contributed by atoms with Gasteiger partial charge < -0.3 is 0 Å². The third-order valence-electron chi connectivity index (χ3n) is 6.49. The third kappa shape index (κ3) is 8.41. The van der Waals surface area contributed by atoms with Crippen molar-refractivity contribution in [2.45, 2.75) is 69.3 Å². The molecule has 2 unspecified atom stereocenters. The van der Waals surface area contributed by atoms with Crippen molar-refractivity contribution in [2.24, 2.45) is 5.41 Å². The van der Waals surface area contributed by atoms with Crippen molar-refractivity contribution >= 4 is 34.6 Å². The van der Waals surface area contributed by atoms with Crippen LogP contribution in [0.3, 0.4) is 0 Å². The second kappa shape index (κ2) is 13.9. The predicted octanol–water partition coefficient (Wildman–Crippen LogP) is 4.41. The monoisotopic (exact) mass is 632 g/mol. The molecule has 0 radical (unpaired) electrons. The molecule has 0 saturated carbocycles. The number of Topliss-reactive ketones (excluding diaryl/α,β-unsaturated/α-hetero) is 1. The van der Waals surface area contributed by atoms with Crippen LogP contribution in [0, 0.1) is 5.41 Å². The molecule has 1 N–H and O–H groups in total. The summed E-state index contributed by atoms with van der Waals surface area (Å²) < 4.78 is 33.6. The van der Waals surface area contributed by atoms with Gasteiger partial charge in [-0.25, -0.2) is 4.98 Å². The van der Waals surface area contributed by atoms with Crippen molar-refractivity contribution in [1.29, 1.82) is 0 Å². The number of benzene rings is 1. The van der Waals surface area contributed by atoms with E-state index >= 15 is 0 Å². The Kier molecular flexibility index (Phi) is 10.9. The van der Waals surface area contributed by atoms with E-state index < -0.39 is 46.3 Å². The molecule has 0 fully saturated rings. The number of pyridine rings is 1. The summed E-state index contributed by atoms with van der Waals surface area (Å²) in [6, 6.07) is 10.3. The van der Waals surface area contributed by atoms with Crippen LogP contribution in [-0.4, -0.2) is 78.1 Å². The molecular formula is C28H37AsN4O6S. The molecule has 10 nitrogen and oxygen atoms in total. The molecule has 3 rings (SSSR count). The summed E-state index contributed by atoms with van der Waals surface area (Å²) in [7, 11) is -3.67. The van der Waals surface area contributed by atoms with Gasteiger partial charge in [-0.3, -0.25) is 0 Å². The van der Waals surface area contributed by atoms with Crippen molar-refractivity contribution in [3.05, 3.63) is 67.4 Å². The van der Waals surface area contributed by atoms with E-state index in [9.17, 15) is 23.1 Å². The fourth-order valence-corrected chi connectivity index (χ4v) is 9.46. The SMILES string of the molecule is CCCC[C@@H](C(=O)C[AsH]S(=O)(=O)c1ccccn1)N(C(=O)O)C(COc1ccc(-n2ccnc2)cc1)C(C)(C)C. The Balaban J connectivity index is 1.81. The van der Waals surface area contributed by atoms with Crippen LogP contribution < -0.4 is 4.74 Å². The molecule has 0 aliphatic heterocycles. The molecule has 0 aliphatic carbocycles. The maximum absolute atomic E-state index is 13.5. The number of unbranched alkanes of at least 4 members (excludes halogenated alkanes) is 1. The Bertz CT molecular complexity index is 1340. The number of carbonyl (C=O) groups excluding carboxylic acids is 1. The van der Waals surface area contributed by atoms with Gasteiger partial charge in [0.2, 0.25) is 0 Å². The van der Waals surface area contributed by atoms with Gasteiger partial charge >= 0.3 is 218 Å². The van der Waals surface area contributed by atoms with Gasteiger partial charge in [-0.2, -0.15) is 0 Å².